The molecule has 0 radical (unpaired) electrons. The highest BCUT2D eigenvalue weighted by Crippen LogP contribution is 2.51. The van der Waals surface area contributed by atoms with Crippen molar-refractivity contribution in [2.45, 2.75) is 51.0 Å². The molecular weight excluding hydrogens is 317 g/mol. The molecule has 0 aromatic heterocycles. The van der Waals surface area contributed by atoms with Gasteiger partial charge in [0.2, 0.25) is 0 Å². The number of benzene rings is 1. The van der Waals surface area contributed by atoms with Gasteiger partial charge < -0.3 is 4.18 Å². The fraction of sp³-hybridized carbons (Fsp3) is 0.600. The van der Waals surface area contributed by atoms with Crippen LogP contribution in [-0.4, -0.2) is 13.9 Å². The highest BCUT2D eigenvalue weighted by molar-refractivity contribution is 7.88. The molecule has 1 aromatic carbocycles. The highest BCUT2D eigenvalue weighted by atomic mass is 32.2. The molecule has 0 aliphatic heterocycles. The number of aryl methyl sites for hydroxylation is 1. The Morgan fingerprint density at radius 1 is 1.09 bits per heavy atom. The molecule has 0 saturated heterocycles. The third kappa shape index (κ3) is 2.49. The number of hydrogen-bond acceptors (Lipinski definition) is 3. The number of rotatable bonds is 2. The normalized spacial score (nSPS) is 20.4. The summed E-state index contributed by atoms with van der Waals surface area (Å²) < 4.78 is 64.6. The maximum atomic E-state index is 12.5. The first-order valence-corrected chi connectivity index (χ1v) is 8.67. The van der Waals surface area contributed by atoms with Gasteiger partial charge in [0.1, 0.15) is 5.75 Å². The van der Waals surface area contributed by atoms with E-state index in [0.29, 0.717) is 12.0 Å². The molecule has 0 heterocycles. The quantitative estimate of drug-likeness (QED) is 0.609. The van der Waals surface area contributed by atoms with Crippen molar-refractivity contribution in [3.8, 4) is 5.75 Å². The lowest BCUT2D eigenvalue weighted by Gasteiger charge is -2.21. The summed E-state index contributed by atoms with van der Waals surface area (Å²) in [4.78, 5) is 0. The molecule has 1 spiro atoms. The summed E-state index contributed by atoms with van der Waals surface area (Å²) in [6.45, 7) is 1.90. The zero-order chi connectivity index (χ0) is 16.2. The monoisotopic (exact) mass is 334 g/mol. The summed E-state index contributed by atoms with van der Waals surface area (Å²) >= 11 is 0. The Balaban J connectivity index is 1.98. The van der Waals surface area contributed by atoms with Crippen molar-refractivity contribution in [3.63, 3.8) is 0 Å². The van der Waals surface area contributed by atoms with Gasteiger partial charge >= 0.3 is 15.6 Å². The summed E-state index contributed by atoms with van der Waals surface area (Å²) in [5.41, 5.74) is -2.76. The molecule has 122 valence electrons. The van der Waals surface area contributed by atoms with E-state index in [-0.39, 0.29) is 11.2 Å². The second kappa shape index (κ2) is 4.88. The average molecular weight is 334 g/mol. The standard InChI is InChI=1S/C15H17F3O3S/c1-10-4-5-13(21-22(19,20)15(16,17)18)12-9-14(8-11(10)12)6-2-3-7-14/h4-5H,2-3,6-9H2,1H3. The molecule has 0 N–H and O–H groups in total. The van der Waals surface area contributed by atoms with E-state index in [1.54, 1.807) is 6.07 Å². The number of alkyl halides is 3. The Morgan fingerprint density at radius 2 is 1.68 bits per heavy atom. The van der Waals surface area contributed by atoms with Crippen LogP contribution in [-0.2, 0) is 23.0 Å². The summed E-state index contributed by atoms with van der Waals surface area (Å²) in [6.07, 6.45) is 5.71. The maximum Gasteiger partial charge on any atom is 0.534 e. The summed E-state index contributed by atoms with van der Waals surface area (Å²) in [5.74, 6) is -0.165. The molecule has 0 bridgehead atoms. The van der Waals surface area contributed by atoms with Gasteiger partial charge in [0.25, 0.3) is 0 Å². The Kier molecular flexibility index (Phi) is 3.47. The van der Waals surface area contributed by atoms with Crippen molar-refractivity contribution in [2.75, 3.05) is 0 Å². The van der Waals surface area contributed by atoms with Crippen LogP contribution in [0, 0.1) is 12.3 Å². The van der Waals surface area contributed by atoms with Gasteiger partial charge in [-0.05, 0) is 60.8 Å². The van der Waals surface area contributed by atoms with Crippen LogP contribution in [0.1, 0.15) is 42.4 Å². The van der Waals surface area contributed by atoms with Gasteiger partial charge in [-0.3, -0.25) is 0 Å². The van der Waals surface area contributed by atoms with Crippen LogP contribution >= 0.6 is 0 Å². The highest BCUT2D eigenvalue weighted by Gasteiger charge is 2.49. The molecule has 1 saturated carbocycles. The van der Waals surface area contributed by atoms with Crippen molar-refractivity contribution in [1.29, 1.82) is 0 Å². The molecule has 22 heavy (non-hydrogen) atoms. The molecule has 0 unspecified atom stereocenters. The SMILES string of the molecule is Cc1ccc(OS(=O)(=O)C(F)(F)F)c2c1CC1(CCCC1)C2. The van der Waals surface area contributed by atoms with E-state index in [4.69, 9.17) is 0 Å². The van der Waals surface area contributed by atoms with Crippen LogP contribution in [0.5, 0.6) is 5.75 Å². The third-order valence-corrected chi connectivity index (χ3v) is 5.84. The van der Waals surface area contributed by atoms with Crippen LogP contribution in [0.2, 0.25) is 0 Å². The predicted molar refractivity (Wildman–Crippen MR) is 75.1 cm³/mol. The van der Waals surface area contributed by atoms with E-state index in [1.165, 1.54) is 6.07 Å². The predicted octanol–water partition coefficient (Wildman–Crippen LogP) is 3.88. The first kappa shape index (κ1) is 15.6. The van der Waals surface area contributed by atoms with E-state index in [1.807, 2.05) is 6.92 Å². The molecule has 1 fully saturated rings. The molecular formula is C15H17F3O3S. The van der Waals surface area contributed by atoms with Crippen molar-refractivity contribution in [3.05, 3.63) is 28.8 Å². The molecule has 0 atom stereocenters. The minimum Gasteiger partial charge on any atom is -0.376 e. The van der Waals surface area contributed by atoms with Crippen LogP contribution in [0.25, 0.3) is 0 Å². The molecule has 2 aliphatic rings. The van der Waals surface area contributed by atoms with Gasteiger partial charge in [-0.1, -0.05) is 18.9 Å². The third-order valence-electron chi connectivity index (χ3n) is 4.87. The summed E-state index contributed by atoms with van der Waals surface area (Å²) in [5, 5.41) is 0. The fourth-order valence-electron chi connectivity index (χ4n) is 3.76. The van der Waals surface area contributed by atoms with Gasteiger partial charge in [0, 0.05) is 0 Å². The second-order valence-corrected chi connectivity index (χ2v) is 7.92. The zero-order valence-corrected chi connectivity index (χ0v) is 13.0. The zero-order valence-electron chi connectivity index (χ0n) is 12.2. The van der Waals surface area contributed by atoms with Gasteiger partial charge in [0.05, 0.1) is 0 Å². The summed E-state index contributed by atoms with van der Waals surface area (Å²) in [6, 6.07) is 2.97. The van der Waals surface area contributed by atoms with Crippen LogP contribution < -0.4 is 4.18 Å². The minimum atomic E-state index is -5.62. The second-order valence-electron chi connectivity index (χ2n) is 6.38. The maximum absolute atomic E-state index is 12.5. The number of hydrogen-bond donors (Lipinski definition) is 0. The fourth-order valence-corrected chi connectivity index (χ4v) is 4.25. The van der Waals surface area contributed by atoms with Gasteiger partial charge in [-0.15, -0.1) is 0 Å². The van der Waals surface area contributed by atoms with Gasteiger partial charge in [0.15, 0.2) is 0 Å². The average Bonchev–Trinajstić information content (AvgIpc) is 3.00. The van der Waals surface area contributed by atoms with E-state index in [0.717, 1.165) is 43.2 Å². The van der Waals surface area contributed by atoms with Crippen molar-refractivity contribution in [1.82, 2.24) is 0 Å². The Hall–Kier alpha value is -1.24. The smallest absolute Gasteiger partial charge is 0.376 e. The first-order chi connectivity index (χ1) is 10.1. The van der Waals surface area contributed by atoms with Crippen LogP contribution in [0.4, 0.5) is 13.2 Å². The Labute approximate surface area is 127 Å². The lowest BCUT2D eigenvalue weighted by atomic mass is 9.83. The molecule has 2 aliphatic carbocycles. The lowest BCUT2D eigenvalue weighted by Crippen LogP contribution is -2.28. The molecule has 3 rings (SSSR count). The molecule has 0 amide bonds. The topological polar surface area (TPSA) is 43.4 Å². The van der Waals surface area contributed by atoms with E-state index in [9.17, 15) is 21.6 Å². The van der Waals surface area contributed by atoms with E-state index >= 15 is 0 Å². The molecule has 1 aromatic rings. The van der Waals surface area contributed by atoms with Crippen molar-refractivity contribution in [2.24, 2.45) is 5.41 Å². The largest absolute Gasteiger partial charge is 0.534 e. The van der Waals surface area contributed by atoms with Gasteiger partial charge in [-0.25, -0.2) is 0 Å². The molecule has 3 nitrogen and oxygen atoms in total. The number of halogens is 3. The molecule has 7 heteroatoms. The van der Waals surface area contributed by atoms with Crippen LogP contribution in [0.15, 0.2) is 12.1 Å². The van der Waals surface area contributed by atoms with Crippen LogP contribution in [0.3, 0.4) is 0 Å². The van der Waals surface area contributed by atoms with Crippen molar-refractivity contribution >= 4 is 10.1 Å². The first-order valence-electron chi connectivity index (χ1n) is 7.26. The van der Waals surface area contributed by atoms with Gasteiger partial charge in [-0.2, -0.15) is 21.6 Å². The minimum absolute atomic E-state index is 0.0779. The summed E-state index contributed by atoms with van der Waals surface area (Å²) in [7, 11) is -5.62. The van der Waals surface area contributed by atoms with E-state index in [2.05, 4.69) is 4.18 Å². The lowest BCUT2D eigenvalue weighted by molar-refractivity contribution is -0.0500. The van der Waals surface area contributed by atoms with Crippen molar-refractivity contribution < 1.29 is 25.8 Å². The Bertz CT molecular complexity index is 701. The number of fused-ring (bicyclic) bond motifs is 1. The van der Waals surface area contributed by atoms with E-state index < -0.39 is 15.6 Å². The Morgan fingerprint density at radius 3 is 2.27 bits per heavy atom.